The van der Waals surface area contributed by atoms with Gasteiger partial charge in [0.15, 0.2) is 0 Å². The zero-order chi connectivity index (χ0) is 9.35. The molecule has 1 atom stereocenters. The highest BCUT2D eigenvalue weighted by molar-refractivity contribution is 5.89. The largest absolute Gasteiger partial charge is 0.478 e. The minimum Gasteiger partial charge on any atom is -0.478 e. The fourth-order valence-corrected chi connectivity index (χ4v) is 1.21. The number of hydrogen-bond acceptors (Lipinski definition) is 2. The van der Waals surface area contributed by atoms with Gasteiger partial charge >= 0.3 is 5.97 Å². The second-order valence-electron chi connectivity index (χ2n) is 3.59. The van der Waals surface area contributed by atoms with Crippen molar-refractivity contribution in [2.24, 2.45) is 11.1 Å². The summed E-state index contributed by atoms with van der Waals surface area (Å²) in [5, 5.41) is 8.76. The van der Waals surface area contributed by atoms with Gasteiger partial charge in [-0.15, -0.1) is 0 Å². The molecular weight excluding hydrogens is 154 g/mol. The van der Waals surface area contributed by atoms with Crippen LogP contribution >= 0.6 is 0 Å². The van der Waals surface area contributed by atoms with Crippen molar-refractivity contribution in [2.45, 2.75) is 19.9 Å². The molecule has 1 unspecified atom stereocenters. The highest BCUT2D eigenvalue weighted by atomic mass is 16.4. The van der Waals surface area contributed by atoms with Crippen LogP contribution in [0.25, 0.3) is 0 Å². The van der Waals surface area contributed by atoms with Crippen molar-refractivity contribution in [1.29, 1.82) is 0 Å². The van der Waals surface area contributed by atoms with E-state index in [-0.39, 0.29) is 11.0 Å². The van der Waals surface area contributed by atoms with E-state index in [4.69, 9.17) is 10.8 Å². The molecule has 1 aliphatic carbocycles. The van der Waals surface area contributed by atoms with Gasteiger partial charge in [0.2, 0.25) is 0 Å². The quantitative estimate of drug-likeness (QED) is 0.610. The van der Waals surface area contributed by atoms with E-state index in [2.05, 4.69) is 0 Å². The van der Waals surface area contributed by atoms with E-state index in [0.29, 0.717) is 0 Å². The minimum atomic E-state index is -0.931. The van der Waals surface area contributed by atoms with Gasteiger partial charge in [-0.2, -0.15) is 0 Å². The number of carbonyl (C=O) groups is 1. The Bertz CT molecular complexity index is 264. The summed E-state index contributed by atoms with van der Waals surface area (Å²) < 4.78 is 0. The molecule has 66 valence electrons. The van der Waals surface area contributed by atoms with Crippen LogP contribution in [0.15, 0.2) is 23.8 Å². The Labute approximate surface area is 71.6 Å². The molecule has 0 saturated heterocycles. The second-order valence-corrected chi connectivity index (χ2v) is 3.59. The van der Waals surface area contributed by atoms with E-state index in [1.54, 1.807) is 12.2 Å². The number of aliphatic carboxylic acids is 1. The van der Waals surface area contributed by atoms with E-state index < -0.39 is 12.0 Å². The number of rotatable bonds is 1. The molecule has 0 fully saturated rings. The van der Waals surface area contributed by atoms with Gasteiger partial charge in [0.1, 0.15) is 0 Å². The molecule has 0 aromatic rings. The van der Waals surface area contributed by atoms with E-state index >= 15 is 0 Å². The molecule has 12 heavy (non-hydrogen) atoms. The Morgan fingerprint density at radius 3 is 2.67 bits per heavy atom. The standard InChI is InChI=1S/C9H13NO2/c1-9(2)5-3-4-6(7(9)10)8(11)12/h3-5,7H,10H2,1-2H3,(H,11,12). The first kappa shape index (κ1) is 9.00. The predicted molar refractivity (Wildman–Crippen MR) is 46.6 cm³/mol. The second kappa shape index (κ2) is 2.75. The maximum Gasteiger partial charge on any atom is 0.333 e. The van der Waals surface area contributed by atoms with Gasteiger partial charge in [0.25, 0.3) is 0 Å². The van der Waals surface area contributed by atoms with Gasteiger partial charge in [0.05, 0.1) is 5.57 Å². The smallest absolute Gasteiger partial charge is 0.333 e. The van der Waals surface area contributed by atoms with Crippen LogP contribution in [0.1, 0.15) is 13.8 Å². The lowest BCUT2D eigenvalue weighted by Gasteiger charge is -2.31. The minimum absolute atomic E-state index is 0.261. The molecule has 0 radical (unpaired) electrons. The molecule has 1 rings (SSSR count). The third kappa shape index (κ3) is 1.41. The van der Waals surface area contributed by atoms with E-state index in [0.717, 1.165) is 0 Å². The summed E-state index contributed by atoms with van der Waals surface area (Å²) in [6.07, 6.45) is 5.22. The molecule has 0 aromatic carbocycles. The van der Waals surface area contributed by atoms with Crippen molar-refractivity contribution in [1.82, 2.24) is 0 Å². The number of carboxylic acids is 1. The van der Waals surface area contributed by atoms with Crippen molar-refractivity contribution in [3.63, 3.8) is 0 Å². The Kier molecular flexibility index (Phi) is 2.06. The van der Waals surface area contributed by atoms with Gasteiger partial charge in [0, 0.05) is 11.5 Å². The summed E-state index contributed by atoms with van der Waals surface area (Å²) in [6, 6.07) is -0.417. The summed E-state index contributed by atoms with van der Waals surface area (Å²) in [5.74, 6) is -0.931. The Morgan fingerprint density at radius 2 is 2.25 bits per heavy atom. The highest BCUT2D eigenvalue weighted by Crippen LogP contribution is 2.29. The van der Waals surface area contributed by atoms with E-state index in [1.807, 2.05) is 19.9 Å². The zero-order valence-electron chi connectivity index (χ0n) is 7.24. The SMILES string of the molecule is CC1(C)C=CC=C(C(=O)O)C1N. The lowest BCUT2D eigenvalue weighted by molar-refractivity contribution is -0.133. The van der Waals surface area contributed by atoms with Crippen LogP contribution in [0.5, 0.6) is 0 Å². The normalized spacial score (nSPS) is 26.6. The average Bonchev–Trinajstić information content (AvgIpc) is 1.94. The van der Waals surface area contributed by atoms with Crippen LogP contribution in [0, 0.1) is 5.41 Å². The van der Waals surface area contributed by atoms with Gasteiger partial charge < -0.3 is 10.8 Å². The van der Waals surface area contributed by atoms with Crippen LogP contribution < -0.4 is 5.73 Å². The number of allylic oxidation sites excluding steroid dienone is 2. The van der Waals surface area contributed by atoms with Crippen molar-refractivity contribution >= 4 is 5.97 Å². The number of nitrogens with two attached hydrogens (primary N) is 1. The molecule has 0 aromatic heterocycles. The van der Waals surface area contributed by atoms with Crippen molar-refractivity contribution < 1.29 is 9.90 Å². The third-order valence-electron chi connectivity index (χ3n) is 2.19. The molecule has 0 aliphatic heterocycles. The van der Waals surface area contributed by atoms with Crippen molar-refractivity contribution in [3.05, 3.63) is 23.8 Å². The maximum absolute atomic E-state index is 10.7. The summed E-state index contributed by atoms with van der Waals surface area (Å²) >= 11 is 0. The number of carboxylic acid groups (broad SMARTS) is 1. The van der Waals surface area contributed by atoms with Crippen molar-refractivity contribution in [2.75, 3.05) is 0 Å². The fourth-order valence-electron chi connectivity index (χ4n) is 1.21. The summed E-state index contributed by atoms with van der Waals surface area (Å²) in [4.78, 5) is 10.7. The lowest BCUT2D eigenvalue weighted by Crippen LogP contribution is -2.41. The highest BCUT2D eigenvalue weighted by Gasteiger charge is 2.31. The third-order valence-corrected chi connectivity index (χ3v) is 2.19. The zero-order valence-corrected chi connectivity index (χ0v) is 7.24. The predicted octanol–water partition coefficient (Wildman–Crippen LogP) is 0.921. The van der Waals surface area contributed by atoms with E-state index in [9.17, 15) is 4.79 Å². The maximum atomic E-state index is 10.7. The van der Waals surface area contributed by atoms with Crippen LogP contribution in [0.4, 0.5) is 0 Å². The Hall–Kier alpha value is -1.09. The Balaban J connectivity index is 2.99. The topological polar surface area (TPSA) is 63.3 Å². The molecule has 0 saturated carbocycles. The first-order valence-electron chi connectivity index (χ1n) is 3.83. The first-order chi connectivity index (χ1) is 5.45. The van der Waals surface area contributed by atoms with Crippen LogP contribution in [0.3, 0.4) is 0 Å². The van der Waals surface area contributed by atoms with Gasteiger partial charge in [-0.25, -0.2) is 4.79 Å². The van der Waals surface area contributed by atoms with Gasteiger partial charge in [-0.1, -0.05) is 32.1 Å². The molecule has 3 heteroatoms. The Morgan fingerprint density at radius 1 is 1.67 bits per heavy atom. The van der Waals surface area contributed by atoms with Crippen LogP contribution in [0.2, 0.25) is 0 Å². The summed E-state index contributed by atoms with van der Waals surface area (Å²) in [6.45, 7) is 3.84. The molecular formula is C9H13NO2. The molecule has 3 N–H and O–H groups in total. The molecule has 0 heterocycles. The first-order valence-corrected chi connectivity index (χ1v) is 3.83. The van der Waals surface area contributed by atoms with Crippen LogP contribution in [-0.4, -0.2) is 17.1 Å². The molecule has 0 amide bonds. The van der Waals surface area contributed by atoms with Crippen LogP contribution in [-0.2, 0) is 4.79 Å². The number of hydrogen-bond donors (Lipinski definition) is 2. The molecule has 0 bridgehead atoms. The van der Waals surface area contributed by atoms with Gasteiger partial charge in [-0.3, -0.25) is 0 Å². The average molecular weight is 167 g/mol. The van der Waals surface area contributed by atoms with Crippen molar-refractivity contribution in [3.8, 4) is 0 Å². The monoisotopic (exact) mass is 167 g/mol. The van der Waals surface area contributed by atoms with E-state index in [1.165, 1.54) is 0 Å². The lowest BCUT2D eigenvalue weighted by atomic mass is 9.77. The summed E-state index contributed by atoms with van der Waals surface area (Å²) in [7, 11) is 0. The molecule has 3 nitrogen and oxygen atoms in total. The molecule has 0 spiro atoms. The summed E-state index contributed by atoms with van der Waals surface area (Å²) in [5.41, 5.74) is 5.78. The van der Waals surface area contributed by atoms with Gasteiger partial charge in [-0.05, 0) is 0 Å². The molecule has 1 aliphatic rings. The fraction of sp³-hybridized carbons (Fsp3) is 0.444.